The number of pyridine rings is 1. The molecule has 6 nitrogen and oxygen atoms in total. The van der Waals surface area contributed by atoms with Crippen LogP contribution in [0.3, 0.4) is 0 Å². The number of aromatic nitrogens is 1. The molecule has 2 atom stereocenters. The Balaban J connectivity index is 1.85. The Hall–Kier alpha value is -2.10. The largest absolute Gasteiger partial charge is 0.373 e. The highest BCUT2D eigenvalue weighted by molar-refractivity contribution is 5.94. The Labute approximate surface area is 144 Å². The van der Waals surface area contributed by atoms with E-state index in [4.69, 9.17) is 11.2 Å². The van der Waals surface area contributed by atoms with Crippen molar-refractivity contribution >= 4 is 11.7 Å². The molecule has 1 saturated heterocycles. The monoisotopic (exact) mass is 330 g/mol. The number of hydrogen-bond donors (Lipinski definition) is 1. The van der Waals surface area contributed by atoms with E-state index in [1.54, 1.807) is 12.3 Å². The van der Waals surface area contributed by atoms with Gasteiger partial charge in [0, 0.05) is 39.4 Å². The number of ether oxygens (including phenoxy) is 1. The molecule has 1 aromatic heterocycles. The quantitative estimate of drug-likeness (QED) is 0.789. The summed E-state index contributed by atoms with van der Waals surface area (Å²) in [6, 6.07) is 3.62. The predicted molar refractivity (Wildman–Crippen MR) is 95.1 cm³/mol. The van der Waals surface area contributed by atoms with E-state index in [9.17, 15) is 4.79 Å². The van der Waals surface area contributed by atoms with Gasteiger partial charge in [0.25, 0.3) is 5.91 Å². The van der Waals surface area contributed by atoms with Crippen molar-refractivity contribution in [2.75, 3.05) is 44.7 Å². The molecule has 0 saturated carbocycles. The first-order valence-corrected chi connectivity index (χ1v) is 8.26. The topological polar surface area (TPSA) is 57.7 Å². The lowest BCUT2D eigenvalue weighted by atomic mass is 10.2. The summed E-state index contributed by atoms with van der Waals surface area (Å²) in [5.74, 6) is 3.02. The fourth-order valence-corrected chi connectivity index (χ4v) is 2.85. The third-order valence-electron chi connectivity index (χ3n) is 4.00. The van der Waals surface area contributed by atoms with Gasteiger partial charge in [0.15, 0.2) is 0 Å². The zero-order valence-electron chi connectivity index (χ0n) is 14.7. The molecule has 0 spiro atoms. The number of anilines is 1. The summed E-state index contributed by atoms with van der Waals surface area (Å²) >= 11 is 0. The average molecular weight is 330 g/mol. The van der Waals surface area contributed by atoms with E-state index < -0.39 is 0 Å². The van der Waals surface area contributed by atoms with E-state index in [0.29, 0.717) is 5.56 Å². The van der Waals surface area contributed by atoms with Crippen LogP contribution < -0.4 is 10.2 Å². The van der Waals surface area contributed by atoms with Crippen LogP contribution in [0.4, 0.5) is 5.82 Å². The molecule has 1 aliphatic rings. The van der Waals surface area contributed by atoms with Crippen molar-refractivity contribution < 1.29 is 9.53 Å². The first-order chi connectivity index (χ1) is 11.5. The van der Waals surface area contributed by atoms with Gasteiger partial charge in [-0.2, -0.15) is 0 Å². The van der Waals surface area contributed by atoms with Gasteiger partial charge in [-0.15, -0.1) is 6.42 Å². The van der Waals surface area contributed by atoms with E-state index in [2.05, 4.69) is 39.9 Å². The van der Waals surface area contributed by atoms with Gasteiger partial charge in [0.1, 0.15) is 5.82 Å². The number of carbonyl (C=O) groups excluding carboxylic acids is 1. The minimum absolute atomic E-state index is 0.203. The molecular weight excluding hydrogens is 304 g/mol. The van der Waals surface area contributed by atoms with E-state index in [1.807, 2.05) is 13.1 Å². The Morgan fingerprint density at radius 3 is 2.75 bits per heavy atom. The van der Waals surface area contributed by atoms with Crippen LogP contribution >= 0.6 is 0 Å². The molecule has 2 rings (SSSR count). The van der Waals surface area contributed by atoms with Gasteiger partial charge in [-0.05, 0) is 26.0 Å². The van der Waals surface area contributed by atoms with Gasteiger partial charge in [-0.1, -0.05) is 5.92 Å². The fourth-order valence-electron chi connectivity index (χ4n) is 2.85. The molecule has 1 aliphatic heterocycles. The summed E-state index contributed by atoms with van der Waals surface area (Å²) in [7, 11) is 2.01. The molecule has 1 aromatic rings. The molecule has 1 amide bonds. The van der Waals surface area contributed by atoms with Crippen LogP contribution in [0.1, 0.15) is 24.2 Å². The number of carbonyl (C=O) groups is 1. The maximum atomic E-state index is 11.8. The van der Waals surface area contributed by atoms with Crippen molar-refractivity contribution in [3.8, 4) is 12.3 Å². The number of terminal acetylenes is 1. The Bertz CT molecular complexity index is 572. The summed E-state index contributed by atoms with van der Waals surface area (Å²) in [5.41, 5.74) is 0.512. The van der Waals surface area contributed by atoms with Crippen LogP contribution in [-0.2, 0) is 4.74 Å². The van der Waals surface area contributed by atoms with Crippen molar-refractivity contribution in [3.05, 3.63) is 23.9 Å². The van der Waals surface area contributed by atoms with Gasteiger partial charge in [0.2, 0.25) is 0 Å². The fraction of sp³-hybridized carbons (Fsp3) is 0.556. The molecule has 1 fully saturated rings. The number of amides is 1. The van der Waals surface area contributed by atoms with Gasteiger partial charge < -0.3 is 15.0 Å². The lowest BCUT2D eigenvalue weighted by molar-refractivity contribution is -0.0670. The minimum atomic E-state index is -0.203. The lowest BCUT2D eigenvalue weighted by Crippen LogP contribution is -2.47. The second kappa shape index (κ2) is 8.67. The number of nitrogens with zero attached hydrogens (tertiary/aromatic N) is 3. The summed E-state index contributed by atoms with van der Waals surface area (Å²) in [5, 5.41) is 2.63. The Kier molecular flexibility index (Phi) is 6.59. The SMILES string of the molecule is C#CCNC(=O)c1ccc(N(C)CCN2C[C@@H](C)O[C@@H](C)C2)nc1. The predicted octanol–water partition coefficient (Wildman–Crippen LogP) is 0.990. The van der Waals surface area contributed by atoms with E-state index in [0.717, 1.165) is 32.0 Å². The first kappa shape index (κ1) is 18.2. The number of morpholine rings is 1. The molecule has 6 heteroatoms. The third-order valence-corrected chi connectivity index (χ3v) is 4.00. The highest BCUT2D eigenvalue weighted by Gasteiger charge is 2.22. The van der Waals surface area contributed by atoms with Crippen LogP contribution in [0.15, 0.2) is 18.3 Å². The number of nitrogens with one attached hydrogen (secondary N) is 1. The maximum Gasteiger partial charge on any atom is 0.253 e. The van der Waals surface area contributed by atoms with Gasteiger partial charge >= 0.3 is 0 Å². The maximum absolute atomic E-state index is 11.8. The lowest BCUT2D eigenvalue weighted by Gasteiger charge is -2.36. The Morgan fingerprint density at radius 2 is 2.17 bits per heavy atom. The number of rotatable bonds is 6. The summed E-state index contributed by atoms with van der Waals surface area (Å²) in [6.07, 6.45) is 7.26. The van der Waals surface area contributed by atoms with Crippen LogP contribution in [0.2, 0.25) is 0 Å². The summed E-state index contributed by atoms with van der Waals surface area (Å²) < 4.78 is 5.75. The second-order valence-corrected chi connectivity index (χ2v) is 6.23. The van der Waals surface area contributed by atoms with Crippen LogP contribution in [0.25, 0.3) is 0 Å². The normalized spacial score (nSPS) is 21.1. The zero-order valence-corrected chi connectivity index (χ0v) is 14.7. The molecule has 0 aromatic carbocycles. The van der Waals surface area contributed by atoms with Crippen molar-refractivity contribution in [3.63, 3.8) is 0 Å². The molecule has 0 radical (unpaired) electrons. The number of likely N-dealkylation sites (N-methyl/N-ethyl adjacent to an activating group) is 1. The highest BCUT2D eigenvalue weighted by atomic mass is 16.5. The first-order valence-electron chi connectivity index (χ1n) is 8.26. The molecular formula is C18H26N4O2. The molecule has 24 heavy (non-hydrogen) atoms. The average Bonchev–Trinajstić information content (AvgIpc) is 2.57. The summed E-state index contributed by atoms with van der Waals surface area (Å²) in [6.45, 7) is 8.18. The second-order valence-electron chi connectivity index (χ2n) is 6.23. The molecule has 2 heterocycles. The zero-order chi connectivity index (χ0) is 17.5. The van der Waals surface area contributed by atoms with Crippen LogP contribution in [0.5, 0.6) is 0 Å². The van der Waals surface area contributed by atoms with Crippen molar-refractivity contribution in [2.45, 2.75) is 26.1 Å². The minimum Gasteiger partial charge on any atom is -0.373 e. The van der Waals surface area contributed by atoms with Gasteiger partial charge in [0.05, 0.1) is 24.3 Å². The molecule has 0 unspecified atom stereocenters. The standard InChI is InChI=1S/C18H26N4O2/c1-5-8-19-18(23)16-6-7-17(20-11-16)21(4)9-10-22-12-14(2)24-15(3)13-22/h1,6-7,11,14-15H,8-10,12-13H2,2-4H3,(H,19,23)/t14-,15+. The highest BCUT2D eigenvalue weighted by Crippen LogP contribution is 2.12. The van der Waals surface area contributed by atoms with Gasteiger partial charge in [-0.25, -0.2) is 4.98 Å². The van der Waals surface area contributed by atoms with Crippen LogP contribution in [0, 0.1) is 12.3 Å². The van der Waals surface area contributed by atoms with Crippen molar-refractivity contribution in [1.29, 1.82) is 0 Å². The van der Waals surface area contributed by atoms with Gasteiger partial charge in [-0.3, -0.25) is 9.69 Å². The molecule has 130 valence electrons. The molecule has 1 N–H and O–H groups in total. The van der Waals surface area contributed by atoms with E-state index >= 15 is 0 Å². The smallest absolute Gasteiger partial charge is 0.253 e. The van der Waals surface area contributed by atoms with Crippen molar-refractivity contribution in [1.82, 2.24) is 15.2 Å². The van der Waals surface area contributed by atoms with Crippen molar-refractivity contribution in [2.24, 2.45) is 0 Å². The van der Waals surface area contributed by atoms with Crippen LogP contribution in [-0.4, -0.2) is 67.8 Å². The van der Waals surface area contributed by atoms with E-state index in [-0.39, 0.29) is 24.7 Å². The molecule has 0 bridgehead atoms. The Morgan fingerprint density at radius 1 is 1.46 bits per heavy atom. The summed E-state index contributed by atoms with van der Waals surface area (Å²) in [4.78, 5) is 20.7. The number of hydrogen-bond acceptors (Lipinski definition) is 5. The molecule has 0 aliphatic carbocycles. The van der Waals surface area contributed by atoms with E-state index in [1.165, 1.54) is 0 Å². The third kappa shape index (κ3) is 5.22.